The fourth-order valence-electron chi connectivity index (χ4n) is 4.65. The number of nitrogens with zero attached hydrogens (tertiary/aromatic N) is 4. The highest BCUT2D eigenvalue weighted by molar-refractivity contribution is 5.88. The first-order valence-electron chi connectivity index (χ1n) is 11.9. The van der Waals surface area contributed by atoms with Gasteiger partial charge in [0.1, 0.15) is 5.82 Å². The van der Waals surface area contributed by atoms with Crippen molar-refractivity contribution >= 4 is 11.8 Å². The molecule has 1 aromatic heterocycles. The van der Waals surface area contributed by atoms with Crippen LogP contribution in [0.1, 0.15) is 32.3 Å². The summed E-state index contributed by atoms with van der Waals surface area (Å²) in [6, 6.07) is 9.77. The van der Waals surface area contributed by atoms with Gasteiger partial charge in [-0.15, -0.1) is 0 Å². The normalized spacial score (nSPS) is 21.1. The van der Waals surface area contributed by atoms with Gasteiger partial charge in [-0.05, 0) is 69.5 Å². The van der Waals surface area contributed by atoms with Gasteiger partial charge in [-0.1, -0.05) is 12.1 Å². The Labute approximate surface area is 195 Å². The number of benzene rings is 1. The summed E-state index contributed by atoms with van der Waals surface area (Å²) >= 11 is 0. The van der Waals surface area contributed by atoms with E-state index in [1.807, 2.05) is 19.1 Å². The molecule has 4 N–H and O–H groups in total. The van der Waals surface area contributed by atoms with Crippen molar-refractivity contribution in [2.24, 2.45) is 11.7 Å². The van der Waals surface area contributed by atoms with Gasteiger partial charge in [-0.3, -0.25) is 14.8 Å². The Bertz CT molecular complexity index is 997. The number of piperidine rings is 1. The summed E-state index contributed by atoms with van der Waals surface area (Å²) in [6.45, 7) is 9.26. The van der Waals surface area contributed by atoms with Crippen molar-refractivity contribution in [3.05, 3.63) is 52.6 Å². The van der Waals surface area contributed by atoms with Crippen LogP contribution in [0.3, 0.4) is 0 Å². The van der Waals surface area contributed by atoms with E-state index in [0.29, 0.717) is 12.5 Å². The number of nitrogens with two attached hydrogens (primary N) is 1. The maximum Gasteiger partial charge on any atom is 0.354 e. The number of urea groups is 1. The van der Waals surface area contributed by atoms with Gasteiger partial charge in [0.2, 0.25) is 0 Å². The molecule has 33 heavy (non-hydrogen) atoms. The van der Waals surface area contributed by atoms with Crippen LogP contribution in [0.25, 0.3) is 5.69 Å². The van der Waals surface area contributed by atoms with Crippen molar-refractivity contribution in [1.29, 1.82) is 0 Å². The van der Waals surface area contributed by atoms with Crippen LogP contribution >= 0.6 is 0 Å². The Hall–Kier alpha value is -2.75. The summed E-state index contributed by atoms with van der Waals surface area (Å²) in [5, 5.41) is 6.00. The number of rotatable bonds is 5. The molecule has 1 aromatic carbocycles. The third-order valence-electron chi connectivity index (χ3n) is 6.80. The second-order valence-corrected chi connectivity index (χ2v) is 9.28. The van der Waals surface area contributed by atoms with E-state index in [-0.39, 0.29) is 23.9 Å². The van der Waals surface area contributed by atoms with Gasteiger partial charge in [0.05, 0.1) is 5.69 Å². The molecule has 178 valence electrons. The summed E-state index contributed by atoms with van der Waals surface area (Å²) in [4.78, 5) is 33.4. The number of piperazine rings is 1. The molecule has 2 aliphatic heterocycles. The third-order valence-corrected chi connectivity index (χ3v) is 6.80. The number of amides is 2. The first-order valence-corrected chi connectivity index (χ1v) is 11.9. The highest BCUT2D eigenvalue weighted by Gasteiger charge is 2.24. The number of nitrogens with one attached hydrogen (secondary N) is 2. The maximum absolute atomic E-state index is 12.6. The number of carbonyl (C=O) groups excluding carboxylic acids is 1. The fourth-order valence-corrected chi connectivity index (χ4v) is 4.65. The zero-order valence-electron chi connectivity index (χ0n) is 19.5. The average molecular weight is 454 g/mol. The molecule has 3 heterocycles. The Morgan fingerprint density at radius 2 is 1.94 bits per heavy atom. The molecule has 4 rings (SSSR count). The predicted octanol–water partition coefficient (Wildman–Crippen LogP) is 1.62. The van der Waals surface area contributed by atoms with Crippen LogP contribution in [0.15, 0.2) is 41.3 Å². The Balaban J connectivity index is 1.36. The topological polar surface area (TPSA) is 109 Å². The Morgan fingerprint density at radius 3 is 2.58 bits per heavy atom. The number of anilines is 1. The highest BCUT2D eigenvalue weighted by atomic mass is 16.2. The molecule has 0 bridgehead atoms. The van der Waals surface area contributed by atoms with E-state index >= 15 is 0 Å². The smallest absolute Gasteiger partial charge is 0.328 e. The minimum absolute atomic E-state index is 0.0909. The van der Waals surface area contributed by atoms with Crippen molar-refractivity contribution in [3.63, 3.8) is 0 Å². The lowest BCUT2D eigenvalue weighted by Gasteiger charge is -2.33. The van der Waals surface area contributed by atoms with E-state index in [0.717, 1.165) is 51.3 Å². The lowest BCUT2D eigenvalue weighted by atomic mass is 9.91. The molecule has 0 aliphatic carbocycles. The molecule has 2 aliphatic rings. The summed E-state index contributed by atoms with van der Waals surface area (Å²) < 4.78 is 1.49. The van der Waals surface area contributed by atoms with E-state index < -0.39 is 5.69 Å². The lowest BCUT2D eigenvalue weighted by molar-refractivity contribution is 0.166. The lowest BCUT2D eigenvalue weighted by Crippen LogP contribution is -2.53. The monoisotopic (exact) mass is 453 g/mol. The second kappa shape index (κ2) is 10.5. The summed E-state index contributed by atoms with van der Waals surface area (Å²) in [5.74, 6) is 0.884. The first-order chi connectivity index (χ1) is 15.9. The third kappa shape index (κ3) is 5.79. The number of aromatic nitrogens is 2. The molecular weight excluding hydrogens is 418 g/mol. The number of hydrogen-bond donors (Lipinski definition) is 3. The van der Waals surface area contributed by atoms with E-state index in [9.17, 15) is 9.59 Å². The zero-order chi connectivity index (χ0) is 23.4. The van der Waals surface area contributed by atoms with E-state index in [1.54, 1.807) is 17.2 Å². The minimum Gasteiger partial charge on any atom is -0.328 e. The number of hydrogen-bond acceptors (Lipinski definition) is 6. The van der Waals surface area contributed by atoms with Gasteiger partial charge in [0, 0.05) is 44.5 Å². The minimum atomic E-state index is -0.424. The summed E-state index contributed by atoms with van der Waals surface area (Å²) in [6.07, 6.45) is 3.94. The van der Waals surface area contributed by atoms with Crippen molar-refractivity contribution < 1.29 is 4.79 Å². The van der Waals surface area contributed by atoms with Gasteiger partial charge in [0.25, 0.3) is 0 Å². The van der Waals surface area contributed by atoms with E-state index in [1.165, 1.54) is 10.1 Å². The Kier molecular flexibility index (Phi) is 7.42. The quantitative estimate of drug-likeness (QED) is 0.635. The van der Waals surface area contributed by atoms with E-state index in [4.69, 9.17) is 5.73 Å². The molecule has 9 heteroatoms. The van der Waals surface area contributed by atoms with E-state index in [2.05, 4.69) is 39.6 Å². The zero-order valence-corrected chi connectivity index (χ0v) is 19.5. The molecule has 0 saturated carbocycles. The van der Waals surface area contributed by atoms with Gasteiger partial charge >= 0.3 is 11.7 Å². The summed E-state index contributed by atoms with van der Waals surface area (Å²) in [5.41, 5.74) is 7.59. The standard InChI is InChI=1S/C24H35N7O2/c1-17-15-26-10-14-30(17)23(32)27-22-9-13-31(24(33)28-22)21-5-3-19(4-6-21)16-29-11-7-20(8-12-29)18(2)25/h3-6,9,13,17-18,20,26H,7-8,10-12,14-16,25H2,1-2H3,(H,27,28,32,33)/t17?,18-/m0/s1. The molecule has 2 saturated heterocycles. The number of likely N-dealkylation sites (tertiary alicyclic amines) is 1. The van der Waals surface area contributed by atoms with Gasteiger partial charge in [-0.2, -0.15) is 4.98 Å². The van der Waals surface area contributed by atoms with Gasteiger partial charge < -0.3 is 16.0 Å². The van der Waals surface area contributed by atoms with Crippen LogP contribution in [-0.4, -0.2) is 70.2 Å². The van der Waals surface area contributed by atoms with Crippen LogP contribution in [0.4, 0.5) is 10.6 Å². The number of carbonyl (C=O) groups is 1. The molecule has 2 fully saturated rings. The molecule has 0 spiro atoms. The molecule has 9 nitrogen and oxygen atoms in total. The Morgan fingerprint density at radius 1 is 1.21 bits per heavy atom. The van der Waals surface area contributed by atoms with Crippen LogP contribution in [0.5, 0.6) is 0 Å². The van der Waals surface area contributed by atoms with Crippen LogP contribution in [0, 0.1) is 5.92 Å². The maximum atomic E-state index is 12.6. The van der Waals surface area contributed by atoms with Crippen molar-refractivity contribution in [3.8, 4) is 5.69 Å². The van der Waals surface area contributed by atoms with Crippen molar-refractivity contribution in [2.45, 2.75) is 45.3 Å². The molecule has 2 aromatic rings. The van der Waals surface area contributed by atoms with Crippen molar-refractivity contribution in [2.75, 3.05) is 38.0 Å². The largest absolute Gasteiger partial charge is 0.354 e. The average Bonchev–Trinajstić information content (AvgIpc) is 2.80. The van der Waals surface area contributed by atoms with Gasteiger partial charge in [0.15, 0.2) is 0 Å². The SMILES string of the molecule is CC1CNCCN1C(=O)Nc1ccn(-c2ccc(CN3CCC([C@H](C)N)CC3)cc2)c(=O)n1. The predicted molar refractivity (Wildman–Crippen MR) is 130 cm³/mol. The van der Waals surface area contributed by atoms with Crippen LogP contribution in [0.2, 0.25) is 0 Å². The first kappa shape index (κ1) is 23.4. The molecular formula is C24H35N7O2. The van der Waals surface area contributed by atoms with Crippen LogP contribution < -0.4 is 22.1 Å². The highest BCUT2D eigenvalue weighted by Crippen LogP contribution is 2.21. The molecule has 1 unspecified atom stereocenters. The summed E-state index contributed by atoms with van der Waals surface area (Å²) in [7, 11) is 0. The molecule has 0 radical (unpaired) electrons. The van der Waals surface area contributed by atoms with Crippen LogP contribution in [-0.2, 0) is 6.54 Å². The molecule has 2 amide bonds. The second-order valence-electron chi connectivity index (χ2n) is 9.28. The fraction of sp³-hybridized carbons (Fsp3) is 0.542. The van der Waals surface area contributed by atoms with Crippen molar-refractivity contribution in [1.82, 2.24) is 24.7 Å². The molecule has 2 atom stereocenters. The van der Waals surface area contributed by atoms with Gasteiger partial charge in [-0.25, -0.2) is 9.59 Å².